The van der Waals surface area contributed by atoms with E-state index in [1.165, 1.54) is 6.07 Å². The van der Waals surface area contributed by atoms with Gasteiger partial charge in [0.2, 0.25) is 6.29 Å². The van der Waals surface area contributed by atoms with Gasteiger partial charge in [-0.05, 0) is 54.7 Å². The molecule has 0 atom stereocenters. The lowest BCUT2D eigenvalue weighted by Crippen LogP contribution is -2.30. The number of benzene rings is 2. The summed E-state index contributed by atoms with van der Waals surface area (Å²) in [4.78, 5) is 0. The van der Waals surface area contributed by atoms with Gasteiger partial charge in [-0.3, -0.25) is 0 Å². The summed E-state index contributed by atoms with van der Waals surface area (Å²) in [5.41, 5.74) is 2.22. The van der Waals surface area contributed by atoms with E-state index in [0.717, 1.165) is 23.6 Å². The average Bonchev–Trinajstić information content (AvgIpc) is 2.68. The van der Waals surface area contributed by atoms with Crippen LogP contribution in [-0.2, 0) is 9.47 Å². The van der Waals surface area contributed by atoms with Gasteiger partial charge in [-0.1, -0.05) is 36.3 Å². The van der Waals surface area contributed by atoms with E-state index < -0.39 is 17.9 Å². The Hall–Kier alpha value is -2.48. The zero-order chi connectivity index (χ0) is 18.4. The van der Waals surface area contributed by atoms with Gasteiger partial charge >= 0.3 is 0 Å². The largest absolute Gasteiger partial charge is 0.342 e. The van der Waals surface area contributed by atoms with E-state index in [9.17, 15) is 8.78 Å². The van der Waals surface area contributed by atoms with Crippen LogP contribution in [-0.4, -0.2) is 19.5 Å². The highest BCUT2D eigenvalue weighted by Crippen LogP contribution is 2.22. The Morgan fingerprint density at radius 1 is 1.00 bits per heavy atom. The smallest absolute Gasteiger partial charge is 0.222 e. The van der Waals surface area contributed by atoms with Crippen molar-refractivity contribution >= 4 is 0 Å². The van der Waals surface area contributed by atoms with Gasteiger partial charge in [-0.25, -0.2) is 8.78 Å². The molecule has 4 heteroatoms. The molecule has 0 aromatic heterocycles. The van der Waals surface area contributed by atoms with E-state index in [1.807, 2.05) is 37.3 Å². The Kier molecular flexibility index (Phi) is 6.17. The molecule has 2 nitrogen and oxygen atoms in total. The van der Waals surface area contributed by atoms with Gasteiger partial charge in [0.05, 0.1) is 13.2 Å². The predicted octanol–water partition coefficient (Wildman–Crippen LogP) is 4.94. The number of halogens is 2. The summed E-state index contributed by atoms with van der Waals surface area (Å²) in [5.74, 6) is 4.66. The van der Waals surface area contributed by atoms with Crippen molar-refractivity contribution in [2.24, 2.45) is 5.92 Å². The number of hydrogen-bond donors (Lipinski definition) is 0. The van der Waals surface area contributed by atoms with E-state index in [4.69, 9.17) is 9.47 Å². The molecule has 0 aliphatic carbocycles. The lowest BCUT2D eigenvalue weighted by Gasteiger charge is -2.25. The lowest BCUT2D eigenvalue weighted by molar-refractivity contribution is -0.168. The van der Waals surface area contributed by atoms with Crippen molar-refractivity contribution in [3.8, 4) is 23.0 Å². The average molecular weight is 354 g/mol. The SMILES string of the molecule is C/C=C/CC1COC(C#Cc2ccc(-c3ccc(F)c(F)c3)cc2)OC1. The molecular formula is C22H20F2O2. The van der Waals surface area contributed by atoms with Crippen molar-refractivity contribution < 1.29 is 18.3 Å². The predicted molar refractivity (Wildman–Crippen MR) is 97.3 cm³/mol. The summed E-state index contributed by atoms with van der Waals surface area (Å²) in [7, 11) is 0. The summed E-state index contributed by atoms with van der Waals surface area (Å²) >= 11 is 0. The van der Waals surface area contributed by atoms with Crippen LogP contribution >= 0.6 is 0 Å². The Labute approximate surface area is 152 Å². The van der Waals surface area contributed by atoms with Crippen LogP contribution in [0.15, 0.2) is 54.6 Å². The van der Waals surface area contributed by atoms with Gasteiger partial charge in [-0.15, -0.1) is 0 Å². The zero-order valence-corrected chi connectivity index (χ0v) is 14.5. The molecule has 0 bridgehead atoms. The highest BCUT2D eigenvalue weighted by atomic mass is 19.2. The van der Waals surface area contributed by atoms with E-state index in [0.29, 0.717) is 24.7 Å². The summed E-state index contributed by atoms with van der Waals surface area (Å²) in [6.45, 7) is 3.27. The maximum absolute atomic E-state index is 13.3. The van der Waals surface area contributed by atoms with Crippen LogP contribution in [0.1, 0.15) is 18.9 Å². The molecule has 1 saturated heterocycles. The van der Waals surface area contributed by atoms with Gasteiger partial charge in [0, 0.05) is 11.5 Å². The molecule has 0 N–H and O–H groups in total. The van der Waals surface area contributed by atoms with Crippen molar-refractivity contribution in [1.29, 1.82) is 0 Å². The van der Waals surface area contributed by atoms with Crippen molar-refractivity contribution in [1.82, 2.24) is 0 Å². The summed E-state index contributed by atoms with van der Waals surface area (Å²) < 4.78 is 37.6. The Morgan fingerprint density at radius 2 is 1.69 bits per heavy atom. The zero-order valence-electron chi connectivity index (χ0n) is 14.5. The lowest BCUT2D eigenvalue weighted by atomic mass is 10.0. The van der Waals surface area contributed by atoms with E-state index in [-0.39, 0.29) is 0 Å². The van der Waals surface area contributed by atoms with E-state index >= 15 is 0 Å². The van der Waals surface area contributed by atoms with Gasteiger partial charge < -0.3 is 9.47 Å². The second-order valence-corrected chi connectivity index (χ2v) is 6.14. The molecule has 1 heterocycles. The third-order valence-electron chi connectivity index (χ3n) is 4.14. The molecule has 1 aliphatic heterocycles. The topological polar surface area (TPSA) is 18.5 Å². The molecule has 0 amide bonds. The Morgan fingerprint density at radius 3 is 2.35 bits per heavy atom. The minimum atomic E-state index is -0.856. The highest BCUT2D eigenvalue weighted by molar-refractivity contribution is 5.64. The highest BCUT2D eigenvalue weighted by Gasteiger charge is 2.19. The van der Waals surface area contributed by atoms with Crippen LogP contribution in [0.4, 0.5) is 8.78 Å². The van der Waals surface area contributed by atoms with Crippen molar-refractivity contribution in [2.75, 3.05) is 13.2 Å². The van der Waals surface area contributed by atoms with Crippen molar-refractivity contribution in [2.45, 2.75) is 19.6 Å². The van der Waals surface area contributed by atoms with E-state index in [2.05, 4.69) is 17.9 Å². The third-order valence-corrected chi connectivity index (χ3v) is 4.14. The molecule has 1 fully saturated rings. The van der Waals surface area contributed by atoms with Crippen LogP contribution in [0.25, 0.3) is 11.1 Å². The quantitative estimate of drug-likeness (QED) is 0.574. The summed E-state index contributed by atoms with van der Waals surface area (Å²) in [6.07, 6.45) is 4.57. The molecule has 0 saturated carbocycles. The van der Waals surface area contributed by atoms with Crippen LogP contribution in [0.3, 0.4) is 0 Å². The Bertz CT molecular complexity index is 823. The first-order valence-corrected chi connectivity index (χ1v) is 8.57. The second-order valence-electron chi connectivity index (χ2n) is 6.14. The van der Waals surface area contributed by atoms with Crippen LogP contribution in [0.2, 0.25) is 0 Å². The van der Waals surface area contributed by atoms with E-state index in [1.54, 1.807) is 6.07 Å². The first-order valence-electron chi connectivity index (χ1n) is 8.57. The Balaban J connectivity index is 1.60. The van der Waals surface area contributed by atoms with Crippen LogP contribution in [0, 0.1) is 29.4 Å². The maximum atomic E-state index is 13.3. The fourth-order valence-corrected chi connectivity index (χ4v) is 2.66. The summed E-state index contributed by atoms with van der Waals surface area (Å²) in [6, 6.07) is 11.2. The third kappa shape index (κ3) is 4.78. The van der Waals surface area contributed by atoms with Crippen LogP contribution in [0.5, 0.6) is 0 Å². The molecule has 1 aliphatic rings. The molecule has 2 aromatic rings. The number of rotatable bonds is 3. The molecule has 26 heavy (non-hydrogen) atoms. The molecule has 0 unspecified atom stereocenters. The standard InChI is InChI=1S/C22H20F2O2/c1-2-3-4-17-14-25-22(26-15-17)12-7-16-5-8-18(9-6-16)19-10-11-20(23)21(24)13-19/h2-3,5-6,8-11,13,17,22H,4,14-15H2,1H3/b3-2+. The molecule has 2 aromatic carbocycles. The molecular weight excluding hydrogens is 334 g/mol. The maximum Gasteiger partial charge on any atom is 0.222 e. The van der Waals surface area contributed by atoms with Gasteiger partial charge in [-0.2, -0.15) is 0 Å². The van der Waals surface area contributed by atoms with Gasteiger partial charge in [0.15, 0.2) is 11.6 Å². The number of ether oxygens (including phenoxy) is 2. The molecule has 3 rings (SSSR count). The number of allylic oxidation sites excluding steroid dienone is 2. The van der Waals surface area contributed by atoms with Gasteiger partial charge in [0.1, 0.15) is 0 Å². The van der Waals surface area contributed by atoms with Crippen molar-refractivity contribution in [3.05, 3.63) is 71.8 Å². The molecule has 134 valence electrons. The summed E-state index contributed by atoms with van der Waals surface area (Å²) in [5, 5.41) is 0. The van der Waals surface area contributed by atoms with Gasteiger partial charge in [0.25, 0.3) is 0 Å². The normalized spacial score (nSPS) is 20.0. The van der Waals surface area contributed by atoms with Crippen molar-refractivity contribution in [3.63, 3.8) is 0 Å². The first-order chi connectivity index (χ1) is 12.7. The number of hydrogen-bond acceptors (Lipinski definition) is 2. The van der Waals surface area contributed by atoms with Crippen LogP contribution < -0.4 is 0 Å². The second kappa shape index (κ2) is 8.75. The monoisotopic (exact) mass is 354 g/mol. The fourth-order valence-electron chi connectivity index (χ4n) is 2.66. The minimum absolute atomic E-state index is 0.375. The fraction of sp³-hybridized carbons (Fsp3) is 0.273. The molecule has 0 radical (unpaired) electrons. The molecule has 0 spiro atoms. The first kappa shape index (κ1) is 18.3. The minimum Gasteiger partial charge on any atom is -0.342 e.